The molecule has 6 heteroatoms. The Labute approximate surface area is 117 Å². The van der Waals surface area contributed by atoms with Crippen LogP contribution in [0, 0.1) is 5.82 Å². The smallest absolute Gasteiger partial charge is 0.324 e. The van der Waals surface area contributed by atoms with Crippen LogP contribution in [-0.2, 0) is 4.79 Å². The number of aliphatic carboxylic acids is 1. The van der Waals surface area contributed by atoms with Gasteiger partial charge in [-0.05, 0) is 31.2 Å². The van der Waals surface area contributed by atoms with Crippen molar-refractivity contribution < 1.29 is 14.3 Å². The van der Waals surface area contributed by atoms with Crippen LogP contribution in [0.15, 0.2) is 24.3 Å². The Hall–Kier alpha value is -1.66. The molecule has 1 aliphatic heterocycles. The average Bonchev–Trinajstić information content (AvgIpc) is 2.40. The molecule has 1 aromatic carbocycles. The third kappa shape index (κ3) is 3.46. The molecule has 0 spiro atoms. The van der Waals surface area contributed by atoms with E-state index >= 15 is 0 Å². The molecular formula is C14H20FN3O2. The molecule has 3 N–H and O–H groups in total. The highest BCUT2D eigenvalue weighted by Crippen LogP contribution is 2.17. The summed E-state index contributed by atoms with van der Waals surface area (Å²) in [4.78, 5) is 15.2. The fraction of sp³-hybridized carbons (Fsp3) is 0.500. The van der Waals surface area contributed by atoms with Crippen LogP contribution < -0.4 is 10.6 Å². The van der Waals surface area contributed by atoms with Gasteiger partial charge in [-0.1, -0.05) is 0 Å². The maximum Gasteiger partial charge on any atom is 0.324 e. The number of carboxylic acids is 1. The molecule has 0 saturated carbocycles. The standard InChI is InChI=1S/C14H20FN3O2/c1-14(16,13(19)20)10-17-6-8-18(9-7-17)12-4-2-11(15)3-5-12/h2-5H,6-10,16H2,1H3,(H,19,20). The zero-order chi connectivity index (χ0) is 14.8. The van der Waals surface area contributed by atoms with E-state index in [1.807, 2.05) is 4.90 Å². The van der Waals surface area contributed by atoms with E-state index < -0.39 is 11.5 Å². The number of benzene rings is 1. The van der Waals surface area contributed by atoms with Gasteiger partial charge in [0, 0.05) is 38.4 Å². The Morgan fingerprint density at radius 1 is 1.30 bits per heavy atom. The summed E-state index contributed by atoms with van der Waals surface area (Å²) in [7, 11) is 0. The van der Waals surface area contributed by atoms with E-state index in [1.54, 1.807) is 12.1 Å². The fourth-order valence-corrected chi connectivity index (χ4v) is 2.35. The van der Waals surface area contributed by atoms with Crippen molar-refractivity contribution in [2.45, 2.75) is 12.5 Å². The normalized spacial score (nSPS) is 19.6. The van der Waals surface area contributed by atoms with Crippen molar-refractivity contribution in [3.05, 3.63) is 30.1 Å². The summed E-state index contributed by atoms with van der Waals surface area (Å²) in [6.45, 7) is 4.92. The summed E-state index contributed by atoms with van der Waals surface area (Å²) >= 11 is 0. The van der Waals surface area contributed by atoms with Gasteiger partial charge in [0.25, 0.3) is 0 Å². The molecule has 1 unspecified atom stereocenters. The first-order valence-corrected chi connectivity index (χ1v) is 6.64. The zero-order valence-corrected chi connectivity index (χ0v) is 11.6. The highest BCUT2D eigenvalue weighted by molar-refractivity contribution is 5.78. The molecule has 0 aliphatic carbocycles. The Kier molecular flexibility index (Phi) is 4.25. The predicted octanol–water partition coefficient (Wildman–Crippen LogP) is 0.750. The van der Waals surface area contributed by atoms with E-state index in [0.29, 0.717) is 6.54 Å². The second-order valence-electron chi connectivity index (χ2n) is 5.46. The number of carboxylic acid groups (broad SMARTS) is 1. The van der Waals surface area contributed by atoms with Crippen molar-refractivity contribution in [2.24, 2.45) is 5.73 Å². The summed E-state index contributed by atoms with van der Waals surface area (Å²) in [5.74, 6) is -1.23. The molecule has 0 radical (unpaired) electrons. The molecule has 1 heterocycles. The zero-order valence-electron chi connectivity index (χ0n) is 11.6. The van der Waals surface area contributed by atoms with Gasteiger partial charge < -0.3 is 15.7 Å². The molecule has 1 atom stereocenters. The molecule has 20 heavy (non-hydrogen) atoms. The lowest BCUT2D eigenvalue weighted by molar-refractivity contribution is -0.143. The Bertz CT molecular complexity index is 468. The van der Waals surface area contributed by atoms with E-state index in [4.69, 9.17) is 10.8 Å². The Morgan fingerprint density at radius 3 is 2.35 bits per heavy atom. The molecule has 0 bridgehead atoms. The maximum atomic E-state index is 12.9. The van der Waals surface area contributed by atoms with E-state index in [2.05, 4.69) is 4.90 Å². The van der Waals surface area contributed by atoms with Crippen molar-refractivity contribution in [1.29, 1.82) is 0 Å². The SMILES string of the molecule is CC(N)(CN1CCN(c2ccc(F)cc2)CC1)C(=O)O. The van der Waals surface area contributed by atoms with Crippen LogP contribution in [0.25, 0.3) is 0 Å². The van der Waals surface area contributed by atoms with Gasteiger partial charge >= 0.3 is 5.97 Å². The quantitative estimate of drug-likeness (QED) is 0.852. The van der Waals surface area contributed by atoms with Gasteiger partial charge in [-0.15, -0.1) is 0 Å². The van der Waals surface area contributed by atoms with Crippen molar-refractivity contribution >= 4 is 11.7 Å². The lowest BCUT2D eigenvalue weighted by Crippen LogP contribution is -2.57. The Morgan fingerprint density at radius 2 is 1.85 bits per heavy atom. The molecule has 1 fully saturated rings. The molecule has 1 aromatic rings. The first-order valence-electron chi connectivity index (χ1n) is 6.64. The lowest BCUT2D eigenvalue weighted by Gasteiger charge is -2.38. The van der Waals surface area contributed by atoms with E-state index in [0.717, 1.165) is 31.9 Å². The molecular weight excluding hydrogens is 261 g/mol. The predicted molar refractivity (Wildman–Crippen MR) is 75.3 cm³/mol. The first-order chi connectivity index (χ1) is 9.38. The minimum Gasteiger partial charge on any atom is -0.480 e. The van der Waals surface area contributed by atoms with Gasteiger partial charge in [0.1, 0.15) is 11.4 Å². The summed E-state index contributed by atoms with van der Waals surface area (Å²) in [5.41, 5.74) is 5.52. The van der Waals surface area contributed by atoms with Gasteiger partial charge in [-0.2, -0.15) is 0 Å². The summed E-state index contributed by atoms with van der Waals surface area (Å²) in [6.07, 6.45) is 0. The highest BCUT2D eigenvalue weighted by Gasteiger charge is 2.31. The number of nitrogens with two attached hydrogens (primary N) is 1. The van der Waals surface area contributed by atoms with Crippen LogP contribution in [0.3, 0.4) is 0 Å². The van der Waals surface area contributed by atoms with Gasteiger partial charge in [-0.3, -0.25) is 9.69 Å². The largest absolute Gasteiger partial charge is 0.480 e. The average molecular weight is 281 g/mol. The van der Waals surface area contributed by atoms with Crippen LogP contribution >= 0.6 is 0 Å². The topological polar surface area (TPSA) is 69.8 Å². The van der Waals surface area contributed by atoms with Crippen molar-refractivity contribution in [1.82, 2.24) is 4.90 Å². The number of anilines is 1. The van der Waals surface area contributed by atoms with E-state index in [9.17, 15) is 9.18 Å². The first kappa shape index (κ1) is 14.7. The molecule has 110 valence electrons. The van der Waals surface area contributed by atoms with Crippen LogP contribution in [0.4, 0.5) is 10.1 Å². The number of nitrogens with zero attached hydrogens (tertiary/aromatic N) is 2. The van der Waals surface area contributed by atoms with Gasteiger partial charge in [-0.25, -0.2) is 4.39 Å². The van der Waals surface area contributed by atoms with Crippen LogP contribution in [-0.4, -0.2) is 54.2 Å². The minimum absolute atomic E-state index is 0.243. The number of hydrogen-bond donors (Lipinski definition) is 2. The second-order valence-corrected chi connectivity index (χ2v) is 5.46. The summed E-state index contributed by atoms with van der Waals surface area (Å²) < 4.78 is 12.9. The van der Waals surface area contributed by atoms with Crippen LogP contribution in [0.2, 0.25) is 0 Å². The number of halogens is 1. The lowest BCUT2D eigenvalue weighted by atomic mass is 10.0. The monoisotopic (exact) mass is 281 g/mol. The van der Waals surface area contributed by atoms with E-state index in [1.165, 1.54) is 19.1 Å². The number of rotatable bonds is 4. The van der Waals surface area contributed by atoms with Crippen LogP contribution in [0.1, 0.15) is 6.92 Å². The molecule has 0 amide bonds. The number of piperazine rings is 1. The summed E-state index contributed by atoms with van der Waals surface area (Å²) in [6, 6.07) is 6.41. The molecule has 0 aromatic heterocycles. The van der Waals surface area contributed by atoms with Gasteiger partial charge in [0.15, 0.2) is 0 Å². The third-order valence-corrected chi connectivity index (χ3v) is 3.60. The maximum absolute atomic E-state index is 12.9. The van der Waals surface area contributed by atoms with Crippen molar-refractivity contribution in [3.8, 4) is 0 Å². The summed E-state index contributed by atoms with van der Waals surface area (Å²) in [5, 5.41) is 9.03. The fourth-order valence-electron chi connectivity index (χ4n) is 2.35. The molecule has 2 rings (SSSR count). The van der Waals surface area contributed by atoms with Crippen molar-refractivity contribution in [3.63, 3.8) is 0 Å². The van der Waals surface area contributed by atoms with Crippen molar-refractivity contribution in [2.75, 3.05) is 37.6 Å². The van der Waals surface area contributed by atoms with E-state index in [-0.39, 0.29) is 5.82 Å². The number of hydrogen-bond acceptors (Lipinski definition) is 4. The third-order valence-electron chi connectivity index (χ3n) is 3.60. The molecule has 1 aliphatic rings. The molecule has 1 saturated heterocycles. The van der Waals surface area contributed by atoms with Gasteiger partial charge in [0.2, 0.25) is 0 Å². The molecule has 5 nitrogen and oxygen atoms in total. The minimum atomic E-state index is -1.22. The van der Waals surface area contributed by atoms with Crippen LogP contribution in [0.5, 0.6) is 0 Å². The van der Waals surface area contributed by atoms with Gasteiger partial charge in [0.05, 0.1) is 0 Å². The number of carbonyl (C=O) groups is 1. The highest BCUT2D eigenvalue weighted by atomic mass is 19.1. The Balaban J connectivity index is 1.89. The second kappa shape index (κ2) is 5.76.